The molecule has 0 unspecified atom stereocenters. The van der Waals surface area contributed by atoms with Crippen LogP contribution in [0.5, 0.6) is 11.5 Å². The second-order valence-electron chi connectivity index (χ2n) is 14.2. The molecule has 1 heterocycles. The van der Waals surface area contributed by atoms with Crippen molar-refractivity contribution in [1.82, 2.24) is 15.0 Å². The van der Waals surface area contributed by atoms with Crippen LogP contribution in [0.1, 0.15) is 15.9 Å². The van der Waals surface area contributed by atoms with Crippen LogP contribution < -0.4 is 20.9 Å². The van der Waals surface area contributed by atoms with Crippen LogP contribution >= 0.6 is 0 Å². The van der Waals surface area contributed by atoms with Crippen molar-refractivity contribution in [3.63, 3.8) is 0 Å². The number of phenols is 2. The minimum absolute atomic E-state index is 0.0258. The third kappa shape index (κ3) is 12.1. The number of fused-ring (bicyclic) bond motifs is 1. The van der Waals surface area contributed by atoms with E-state index in [1.165, 1.54) is 44.3 Å². The first kappa shape index (κ1) is 50.4. The van der Waals surface area contributed by atoms with Crippen LogP contribution in [0.15, 0.2) is 109 Å². The molecule has 68 heavy (non-hydrogen) atoms. The van der Waals surface area contributed by atoms with Gasteiger partial charge in [0.25, 0.3) is 56.5 Å². The van der Waals surface area contributed by atoms with E-state index in [0.29, 0.717) is 23.8 Å². The fraction of sp³-hybridized carbons (Fsp3) is 0.111. The van der Waals surface area contributed by atoms with Gasteiger partial charge in [0.2, 0.25) is 17.8 Å². The number of amides is 1. The monoisotopic (exact) mass is 1040 g/mol. The highest BCUT2D eigenvalue weighted by atomic mass is 32.2. The summed E-state index contributed by atoms with van der Waals surface area (Å²) in [6.07, 6.45) is 0. The van der Waals surface area contributed by atoms with Gasteiger partial charge >= 0.3 is 0 Å². The van der Waals surface area contributed by atoms with Crippen LogP contribution in [-0.2, 0) is 50.6 Å². The Hall–Kier alpha value is -7.01. The largest absolute Gasteiger partial charge is 0.506 e. The summed E-state index contributed by atoms with van der Waals surface area (Å²) in [6, 6.07) is 13.1. The van der Waals surface area contributed by atoms with E-state index in [2.05, 4.69) is 41.1 Å². The molecular weight excluding hydrogens is 1010 g/mol. The van der Waals surface area contributed by atoms with Gasteiger partial charge in [-0.05, 0) is 84.6 Å². The van der Waals surface area contributed by atoms with Gasteiger partial charge in [-0.25, -0.2) is 0 Å². The first-order chi connectivity index (χ1) is 31.4. The summed E-state index contributed by atoms with van der Waals surface area (Å²) in [4.78, 5) is 24.0. The Morgan fingerprint density at radius 1 is 0.662 bits per heavy atom. The Balaban J connectivity index is 1.41. The van der Waals surface area contributed by atoms with E-state index in [4.69, 9.17) is 0 Å². The molecule has 0 atom stereocenters. The molecule has 360 valence electrons. The number of rotatable bonds is 16. The average molecular weight is 1040 g/mol. The van der Waals surface area contributed by atoms with E-state index in [0.717, 1.165) is 35.2 Å². The van der Waals surface area contributed by atoms with Crippen molar-refractivity contribution in [2.75, 3.05) is 40.2 Å². The molecular formula is C36H33N9O18S5. The van der Waals surface area contributed by atoms with E-state index >= 15 is 0 Å². The molecule has 6 aromatic rings. The molecule has 1 aromatic heterocycles. The number of benzene rings is 5. The number of aromatic hydroxyl groups is 2. The van der Waals surface area contributed by atoms with Gasteiger partial charge in [0.1, 0.15) is 26.9 Å². The van der Waals surface area contributed by atoms with E-state index < -0.39 is 127 Å². The molecule has 0 bridgehead atoms. The Kier molecular flexibility index (Phi) is 13.8. The molecule has 1 amide bonds. The second kappa shape index (κ2) is 18.6. The van der Waals surface area contributed by atoms with E-state index in [-0.39, 0.29) is 35.4 Å². The number of nitrogens with zero attached hydrogens (tertiary/aromatic N) is 6. The van der Waals surface area contributed by atoms with Crippen LogP contribution in [0.25, 0.3) is 10.8 Å². The Morgan fingerprint density at radius 3 is 1.91 bits per heavy atom. The van der Waals surface area contributed by atoms with Crippen LogP contribution in [-0.4, -0.2) is 115 Å². The normalized spacial score (nSPS) is 12.6. The van der Waals surface area contributed by atoms with Gasteiger partial charge in [-0.1, -0.05) is 12.1 Å². The average Bonchev–Trinajstić information content (AvgIpc) is 3.21. The number of hydrogen-bond acceptors (Lipinski definition) is 21. The zero-order valence-corrected chi connectivity index (χ0v) is 38.3. The zero-order chi connectivity index (χ0) is 50.3. The highest BCUT2D eigenvalue weighted by Crippen LogP contribution is 2.46. The lowest BCUT2D eigenvalue weighted by Gasteiger charge is -2.18. The highest BCUT2D eigenvalue weighted by Gasteiger charge is 2.27. The molecule has 0 fully saturated rings. The standard InChI is InChI=1S/C36H33N9O18S5/c1-18-6-8-24(28(12-18)67(58,59)60)43-44-31-29(68(61,62)63)15-20-14-23(66(55,56)57)17-26(30(20)32(31)47)38-33(48)19-4-3-5-21(13-19)37-34-40-35(42-36(41-34)45(2)10-11-64(49,50)51)39-25-16-22(65(52,53)54)7-9-27(25)46/h3-9,12-17,46-47H,10-11H2,1-2H3,(H,38,48)(H,49,50,51)(H,52,53,54)(H,55,56,57)(H,58,59,60)(H,61,62,63)(H2,37,39,40,41,42). The fourth-order valence-corrected chi connectivity index (χ4v) is 8.89. The zero-order valence-electron chi connectivity index (χ0n) is 34.3. The lowest BCUT2D eigenvalue weighted by Crippen LogP contribution is -2.27. The summed E-state index contributed by atoms with van der Waals surface area (Å²) in [5, 5.41) is 35.8. The van der Waals surface area contributed by atoms with Gasteiger partial charge < -0.3 is 31.1 Å². The topological polar surface area (TPSA) is 432 Å². The minimum Gasteiger partial charge on any atom is -0.506 e. The van der Waals surface area contributed by atoms with Gasteiger partial charge in [-0.15, -0.1) is 10.2 Å². The van der Waals surface area contributed by atoms with Gasteiger partial charge in [-0.2, -0.15) is 57.0 Å². The first-order valence-corrected chi connectivity index (χ1v) is 25.7. The Morgan fingerprint density at radius 2 is 1.29 bits per heavy atom. The highest BCUT2D eigenvalue weighted by molar-refractivity contribution is 7.87. The molecule has 0 aliphatic heterocycles. The number of hydrogen-bond donors (Lipinski definition) is 10. The first-order valence-electron chi connectivity index (χ1n) is 18.3. The quantitative estimate of drug-likeness (QED) is 0.0368. The van der Waals surface area contributed by atoms with Gasteiger partial charge in [0, 0.05) is 30.2 Å². The van der Waals surface area contributed by atoms with Crippen molar-refractivity contribution < 1.29 is 79.9 Å². The molecule has 6 rings (SSSR count). The number of aryl methyl sites for hydroxylation is 1. The molecule has 0 saturated carbocycles. The van der Waals surface area contributed by atoms with Crippen molar-refractivity contribution >= 4 is 114 Å². The number of phenolic OH excluding ortho intramolecular Hbond substituents is 2. The summed E-state index contributed by atoms with van der Waals surface area (Å²) in [6.45, 7) is 1.09. The van der Waals surface area contributed by atoms with Gasteiger partial charge in [0.05, 0.1) is 26.9 Å². The van der Waals surface area contributed by atoms with Crippen LogP contribution in [0.2, 0.25) is 0 Å². The number of nitrogens with one attached hydrogen (secondary N) is 3. The Bertz CT molecular complexity index is 3670. The summed E-state index contributed by atoms with van der Waals surface area (Å²) in [5.41, 5.74) is -2.44. The molecule has 0 saturated heterocycles. The summed E-state index contributed by atoms with van der Waals surface area (Å²) in [7, 11) is -23.4. The van der Waals surface area contributed by atoms with Crippen molar-refractivity contribution in [3.8, 4) is 11.5 Å². The summed E-state index contributed by atoms with van der Waals surface area (Å²) in [5.74, 6) is -4.60. The Labute approximate surface area is 385 Å². The number of carbonyl (C=O) groups excluding carboxylic acids is 1. The van der Waals surface area contributed by atoms with Crippen LogP contribution in [0, 0.1) is 6.92 Å². The number of azo groups is 1. The maximum absolute atomic E-state index is 13.9. The number of aromatic nitrogens is 3. The molecule has 27 nitrogen and oxygen atoms in total. The number of anilines is 6. The second-order valence-corrected chi connectivity index (χ2v) is 21.4. The summed E-state index contributed by atoms with van der Waals surface area (Å²) >= 11 is 0. The molecule has 32 heteroatoms. The van der Waals surface area contributed by atoms with E-state index in [1.807, 2.05) is 0 Å². The molecule has 10 N–H and O–H groups in total. The minimum atomic E-state index is -5.38. The van der Waals surface area contributed by atoms with Crippen LogP contribution in [0.3, 0.4) is 0 Å². The van der Waals surface area contributed by atoms with Crippen molar-refractivity contribution in [2.45, 2.75) is 26.5 Å². The number of carbonyl (C=O) groups is 1. The van der Waals surface area contributed by atoms with E-state index in [1.54, 1.807) is 0 Å². The SMILES string of the molecule is Cc1ccc(N=Nc2c(S(=O)(=O)O)cc3cc(S(=O)(=O)O)cc(NC(=O)c4cccc(Nc5nc(Nc6cc(S(=O)(=O)O)ccc6O)nc(N(C)CCS(=O)(=O)O)n5)c4)c3c2O)c(S(=O)(=O)O)c1. The maximum Gasteiger partial charge on any atom is 0.296 e. The summed E-state index contributed by atoms with van der Waals surface area (Å²) < 4.78 is 169. The third-order valence-corrected chi connectivity index (χ3v) is 13.3. The molecule has 0 aliphatic rings. The smallest absolute Gasteiger partial charge is 0.296 e. The third-order valence-electron chi connectivity index (χ3n) is 9.14. The van der Waals surface area contributed by atoms with Gasteiger partial charge in [-0.3, -0.25) is 27.6 Å². The lowest BCUT2D eigenvalue weighted by molar-refractivity contribution is 0.102. The molecule has 0 aliphatic carbocycles. The van der Waals surface area contributed by atoms with Crippen molar-refractivity contribution in [2.24, 2.45) is 10.2 Å². The molecule has 0 radical (unpaired) electrons. The fourth-order valence-electron chi connectivity index (χ4n) is 5.97. The van der Waals surface area contributed by atoms with E-state index in [9.17, 15) is 79.9 Å². The van der Waals surface area contributed by atoms with Gasteiger partial charge in [0.15, 0.2) is 5.75 Å². The van der Waals surface area contributed by atoms with Crippen molar-refractivity contribution in [3.05, 3.63) is 90.0 Å². The van der Waals surface area contributed by atoms with Crippen molar-refractivity contribution in [1.29, 1.82) is 0 Å². The van der Waals surface area contributed by atoms with Crippen LogP contribution in [0.4, 0.5) is 46.3 Å². The molecule has 0 spiro atoms. The molecule has 5 aromatic carbocycles. The predicted octanol–water partition coefficient (Wildman–Crippen LogP) is 4.21. The maximum atomic E-state index is 13.9. The lowest BCUT2D eigenvalue weighted by atomic mass is 10.1. The predicted molar refractivity (Wildman–Crippen MR) is 239 cm³/mol.